The van der Waals surface area contributed by atoms with Crippen molar-refractivity contribution in [3.05, 3.63) is 34.1 Å². The third-order valence-corrected chi connectivity index (χ3v) is 4.06. The summed E-state index contributed by atoms with van der Waals surface area (Å²) < 4.78 is 13.7. The van der Waals surface area contributed by atoms with Gasteiger partial charge in [0.2, 0.25) is 0 Å². The molecule has 0 amide bonds. The van der Waals surface area contributed by atoms with E-state index in [-0.39, 0.29) is 18.0 Å². The topological polar surface area (TPSA) is 32.3 Å². The Balaban J connectivity index is 2.72. The van der Waals surface area contributed by atoms with Crippen molar-refractivity contribution in [1.82, 2.24) is 5.32 Å². The lowest BCUT2D eigenvalue weighted by Gasteiger charge is -2.31. The molecule has 96 valence electrons. The van der Waals surface area contributed by atoms with Gasteiger partial charge in [0.15, 0.2) is 0 Å². The molecular weight excluding hydrogens is 285 g/mol. The van der Waals surface area contributed by atoms with Crippen molar-refractivity contribution in [2.24, 2.45) is 0 Å². The molecule has 0 aliphatic rings. The second-order valence-corrected chi connectivity index (χ2v) is 5.09. The molecule has 0 radical (unpaired) electrons. The number of hydrogen-bond donors (Lipinski definition) is 2. The van der Waals surface area contributed by atoms with Crippen LogP contribution in [0.5, 0.6) is 0 Å². The highest BCUT2D eigenvalue weighted by Gasteiger charge is 2.24. The first-order valence-electron chi connectivity index (χ1n) is 5.86. The van der Waals surface area contributed by atoms with Crippen LogP contribution in [0, 0.1) is 5.82 Å². The number of aliphatic hydroxyl groups excluding tert-OH is 1. The van der Waals surface area contributed by atoms with Crippen molar-refractivity contribution in [2.45, 2.75) is 38.8 Å². The van der Waals surface area contributed by atoms with Crippen molar-refractivity contribution in [3.63, 3.8) is 0 Å². The quantitative estimate of drug-likeness (QED) is 0.846. The van der Waals surface area contributed by atoms with E-state index in [2.05, 4.69) is 21.2 Å². The summed E-state index contributed by atoms with van der Waals surface area (Å²) in [6, 6.07) is 4.65. The number of nitrogens with one attached hydrogen (secondary N) is 1. The Kier molecular flexibility index (Phi) is 5.56. The first-order chi connectivity index (χ1) is 8.06. The predicted molar refractivity (Wildman–Crippen MR) is 71.3 cm³/mol. The van der Waals surface area contributed by atoms with Crippen LogP contribution in [0.4, 0.5) is 4.39 Å². The standard InChI is InChI=1S/C13H19BrFNO/c1-3-13(4-2,9-17)16-8-10-5-6-11(15)7-12(10)14/h5-7,16-17H,3-4,8-9H2,1-2H3. The Morgan fingerprint density at radius 3 is 2.47 bits per heavy atom. The highest BCUT2D eigenvalue weighted by molar-refractivity contribution is 9.10. The Hall–Kier alpha value is -0.450. The van der Waals surface area contributed by atoms with Gasteiger partial charge in [0, 0.05) is 16.6 Å². The van der Waals surface area contributed by atoms with Crippen molar-refractivity contribution >= 4 is 15.9 Å². The van der Waals surface area contributed by atoms with Crippen LogP contribution in [-0.2, 0) is 6.54 Å². The molecule has 0 atom stereocenters. The molecule has 0 bridgehead atoms. The van der Waals surface area contributed by atoms with E-state index >= 15 is 0 Å². The minimum absolute atomic E-state index is 0.110. The van der Waals surface area contributed by atoms with Gasteiger partial charge in [0.1, 0.15) is 5.82 Å². The van der Waals surface area contributed by atoms with Crippen molar-refractivity contribution in [1.29, 1.82) is 0 Å². The van der Waals surface area contributed by atoms with Crippen LogP contribution in [0.3, 0.4) is 0 Å². The third-order valence-electron chi connectivity index (χ3n) is 3.33. The van der Waals surface area contributed by atoms with Crippen molar-refractivity contribution in [3.8, 4) is 0 Å². The molecule has 17 heavy (non-hydrogen) atoms. The summed E-state index contributed by atoms with van der Waals surface area (Å²) in [7, 11) is 0. The Morgan fingerprint density at radius 2 is 2.00 bits per heavy atom. The van der Waals surface area contributed by atoms with Gasteiger partial charge in [-0.3, -0.25) is 0 Å². The van der Waals surface area contributed by atoms with Gasteiger partial charge in [0.05, 0.1) is 6.61 Å². The molecule has 0 aliphatic carbocycles. The molecule has 0 aromatic heterocycles. The predicted octanol–water partition coefficient (Wildman–Crippen LogP) is 3.23. The average molecular weight is 304 g/mol. The third kappa shape index (κ3) is 3.76. The summed E-state index contributed by atoms with van der Waals surface area (Å²) in [5.41, 5.74) is 0.750. The van der Waals surface area contributed by atoms with Gasteiger partial charge in [0.25, 0.3) is 0 Å². The molecule has 1 aromatic rings. The number of rotatable bonds is 6. The highest BCUT2D eigenvalue weighted by atomic mass is 79.9. The molecule has 1 aromatic carbocycles. The molecule has 0 fully saturated rings. The fourth-order valence-electron chi connectivity index (χ4n) is 1.73. The van der Waals surface area contributed by atoms with E-state index in [1.165, 1.54) is 12.1 Å². The summed E-state index contributed by atoms with van der Waals surface area (Å²) in [6.45, 7) is 4.82. The van der Waals surface area contributed by atoms with E-state index in [4.69, 9.17) is 0 Å². The minimum Gasteiger partial charge on any atom is -0.394 e. The summed E-state index contributed by atoms with van der Waals surface area (Å²) in [4.78, 5) is 0. The Labute approximate surface area is 110 Å². The molecule has 0 saturated carbocycles. The maximum atomic E-state index is 12.9. The average Bonchev–Trinajstić information content (AvgIpc) is 2.33. The molecule has 0 aliphatic heterocycles. The zero-order chi connectivity index (χ0) is 12.9. The van der Waals surface area contributed by atoms with E-state index < -0.39 is 0 Å². The first-order valence-corrected chi connectivity index (χ1v) is 6.66. The van der Waals surface area contributed by atoms with Gasteiger partial charge in [-0.25, -0.2) is 4.39 Å². The summed E-state index contributed by atoms with van der Waals surface area (Å²) in [5, 5.41) is 12.8. The van der Waals surface area contributed by atoms with Crippen LogP contribution in [0.2, 0.25) is 0 Å². The van der Waals surface area contributed by atoms with E-state index in [0.29, 0.717) is 6.54 Å². The lowest BCUT2D eigenvalue weighted by Crippen LogP contribution is -2.47. The van der Waals surface area contributed by atoms with Gasteiger partial charge in [-0.15, -0.1) is 0 Å². The first kappa shape index (κ1) is 14.6. The summed E-state index contributed by atoms with van der Waals surface area (Å²) in [6.07, 6.45) is 1.72. The van der Waals surface area contributed by atoms with Crippen LogP contribution in [0.25, 0.3) is 0 Å². The summed E-state index contributed by atoms with van der Waals surface area (Å²) >= 11 is 3.34. The molecule has 0 saturated heterocycles. The van der Waals surface area contributed by atoms with Crippen LogP contribution < -0.4 is 5.32 Å². The fourth-order valence-corrected chi connectivity index (χ4v) is 2.22. The Bertz CT molecular complexity index is 358. The number of hydrogen-bond acceptors (Lipinski definition) is 2. The van der Waals surface area contributed by atoms with Gasteiger partial charge in [-0.2, -0.15) is 0 Å². The molecule has 0 heterocycles. The lowest BCUT2D eigenvalue weighted by molar-refractivity contribution is 0.149. The van der Waals surface area contributed by atoms with Crippen molar-refractivity contribution < 1.29 is 9.50 Å². The molecule has 0 unspecified atom stereocenters. The van der Waals surface area contributed by atoms with Gasteiger partial charge in [-0.05, 0) is 30.5 Å². The van der Waals surface area contributed by atoms with Gasteiger partial charge < -0.3 is 10.4 Å². The second kappa shape index (κ2) is 6.47. The number of halogens is 2. The molecule has 2 N–H and O–H groups in total. The molecular formula is C13H19BrFNO. The number of benzene rings is 1. The Morgan fingerprint density at radius 1 is 1.35 bits per heavy atom. The summed E-state index contributed by atoms with van der Waals surface area (Å²) in [5.74, 6) is -0.250. The zero-order valence-corrected chi connectivity index (χ0v) is 11.8. The fraction of sp³-hybridized carbons (Fsp3) is 0.538. The smallest absolute Gasteiger partial charge is 0.124 e. The van der Waals surface area contributed by atoms with Crippen molar-refractivity contribution in [2.75, 3.05) is 6.61 Å². The molecule has 0 spiro atoms. The van der Waals surface area contributed by atoms with Gasteiger partial charge in [-0.1, -0.05) is 35.8 Å². The largest absolute Gasteiger partial charge is 0.394 e. The minimum atomic E-state index is -0.250. The molecule has 2 nitrogen and oxygen atoms in total. The second-order valence-electron chi connectivity index (χ2n) is 4.23. The highest BCUT2D eigenvalue weighted by Crippen LogP contribution is 2.20. The van der Waals surface area contributed by atoms with Crippen LogP contribution in [0.15, 0.2) is 22.7 Å². The van der Waals surface area contributed by atoms with E-state index in [1.54, 1.807) is 6.07 Å². The van der Waals surface area contributed by atoms with E-state index in [1.807, 2.05) is 13.8 Å². The SMILES string of the molecule is CCC(CC)(CO)NCc1ccc(F)cc1Br. The monoisotopic (exact) mass is 303 g/mol. The van der Waals surface area contributed by atoms with Gasteiger partial charge >= 0.3 is 0 Å². The van der Waals surface area contributed by atoms with Crippen LogP contribution in [0.1, 0.15) is 32.3 Å². The number of aliphatic hydroxyl groups is 1. The normalized spacial score (nSPS) is 11.8. The maximum absolute atomic E-state index is 12.9. The zero-order valence-electron chi connectivity index (χ0n) is 10.3. The van der Waals surface area contributed by atoms with E-state index in [9.17, 15) is 9.50 Å². The molecule has 4 heteroatoms. The van der Waals surface area contributed by atoms with E-state index in [0.717, 1.165) is 22.9 Å². The lowest BCUT2D eigenvalue weighted by atomic mass is 9.93. The maximum Gasteiger partial charge on any atom is 0.124 e. The van der Waals surface area contributed by atoms with Crippen LogP contribution >= 0.6 is 15.9 Å². The molecule has 1 rings (SSSR count). The van der Waals surface area contributed by atoms with Crippen LogP contribution in [-0.4, -0.2) is 17.3 Å².